The van der Waals surface area contributed by atoms with Crippen LogP contribution in [0.1, 0.15) is 12.5 Å². The number of halogens is 3. The normalized spacial score (nSPS) is 18.6. The Bertz CT molecular complexity index is 499. The van der Waals surface area contributed by atoms with Crippen molar-refractivity contribution in [2.45, 2.75) is 25.7 Å². The Balaban J connectivity index is 1.76. The van der Waals surface area contributed by atoms with E-state index < -0.39 is 24.7 Å². The summed E-state index contributed by atoms with van der Waals surface area (Å²) in [6.07, 6.45) is -4.37. The molecular weight excluding hydrogens is 307 g/mol. The van der Waals surface area contributed by atoms with Crippen LogP contribution in [0.2, 0.25) is 0 Å². The summed E-state index contributed by atoms with van der Waals surface area (Å²) in [4.78, 5) is 16.0. The van der Waals surface area contributed by atoms with Crippen molar-refractivity contribution >= 4 is 5.91 Å². The van der Waals surface area contributed by atoms with Crippen molar-refractivity contribution in [3.05, 3.63) is 35.9 Å². The van der Waals surface area contributed by atoms with Crippen LogP contribution in [0.5, 0.6) is 0 Å². The Morgan fingerprint density at radius 1 is 1.17 bits per heavy atom. The minimum absolute atomic E-state index is 0.545. The number of carbonyl (C=O) groups excluding carboxylic acids is 1. The van der Waals surface area contributed by atoms with Crippen LogP contribution < -0.4 is 5.32 Å². The SMILES string of the molecule is CC(C(=O)NCC(F)(F)F)N1CCN(Cc2ccccc2)CC1. The van der Waals surface area contributed by atoms with Crippen LogP contribution >= 0.6 is 0 Å². The first kappa shape index (κ1) is 17.7. The van der Waals surface area contributed by atoms with Gasteiger partial charge in [-0.2, -0.15) is 13.2 Å². The number of nitrogens with one attached hydrogen (secondary N) is 1. The van der Waals surface area contributed by atoms with E-state index in [2.05, 4.69) is 17.0 Å². The van der Waals surface area contributed by atoms with Crippen molar-refractivity contribution in [2.75, 3.05) is 32.7 Å². The van der Waals surface area contributed by atoms with Gasteiger partial charge in [-0.15, -0.1) is 0 Å². The highest BCUT2D eigenvalue weighted by molar-refractivity contribution is 5.81. The van der Waals surface area contributed by atoms with Gasteiger partial charge >= 0.3 is 6.18 Å². The molecular formula is C16H22F3N3O. The van der Waals surface area contributed by atoms with Crippen LogP contribution in [0.4, 0.5) is 13.2 Å². The van der Waals surface area contributed by atoms with Crippen LogP contribution in [0.3, 0.4) is 0 Å². The average Bonchev–Trinajstić information content (AvgIpc) is 2.53. The predicted molar refractivity (Wildman–Crippen MR) is 81.8 cm³/mol. The minimum atomic E-state index is -4.37. The van der Waals surface area contributed by atoms with E-state index in [1.807, 2.05) is 28.4 Å². The molecule has 4 nitrogen and oxygen atoms in total. The highest BCUT2D eigenvalue weighted by atomic mass is 19.4. The van der Waals surface area contributed by atoms with Gasteiger partial charge in [0.15, 0.2) is 0 Å². The molecule has 1 aliphatic heterocycles. The summed E-state index contributed by atoms with van der Waals surface area (Å²) < 4.78 is 36.4. The number of rotatable bonds is 5. The highest BCUT2D eigenvalue weighted by Gasteiger charge is 2.31. The van der Waals surface area contributed by atoms with Gasteiger partial charge in [-0.25, -0.2) is 0 Å². The summed E-state index contributed by atoms with van der Waals surface area (Å²) >= 11 is 0. The summed E-state index contributed by atoms with van der Waals surface area (Å²) in [5.74, 6) is -0.571. The van der Waals surface area contributed by atoms with E-state index in [1.165, 1.54) is 5.56 Å². The number of carbonyl (C=O) groups is 1. The number of benzene rings is 1. The first-order valence-corrected chi connectivity index (χ1v) is 7.70. The topological polar surface area (TPSA) is 35.6 Å². The van der Waals surface area contributed by atoms with Crippen LogP contribution in [-0.2, 0) is 11.3 Å². The molecule has 23 heavy (non-hydrogen) atoms. The number of hydrogen-bond donors (Lipinski definition) is 1. The molecule has 2 rings (SSSR count). The fraction of sp³-hybridized carbons (Fsp3) is 0.562. The first-order valence-electron chi connectivity index (χ1n) is 7.70. The smallest absolute Gasteiger partial charge is 0.346 e. The minimum Gasteiger partial charge on any atom is -0.346 e. The van der Waals surface area contributed by atoms with E-state index >= 15 is 0 Å². The molecule has 0 aromatic heterocycles. The Labute approximate surface area is 134 Å². The summed E-state index contributed by atoms with van der Waals surface area (Å²) in [5.41, 5.74) is 1.23. The van der Waals surface area contributed by atoms with Crippen molar-refractivity contribution in [2.24, 2.45) is 0 Å². The van der Waals surface area contributed by atoms with Gasteiger partial charge in [-0.3, -0.25) is 14.6 Å². The molecule has 1 unspecified atom stereocenters. The second-order valence-electron chi connectivity index (χ2n) is 5.81. The lowest BCUT2D eigenvalue weighted by Crippen LogP contribution is -2.54. The molecule has 0 bridgehead atoms. The molecule has 0 saturated carbocycles. The third-order valence-corrected chi connectivity index (χ3v) is 4.05. The summed E-state index contributed by atoms with van der Waals surface area (Å²) in [6, 6.07) is 9.57. The van der Waals surface area contributed by atoms with E-state index in [-0.39, 0.29) is 0 Å². The van der Waals surface area contributed by atoms with E-state index in [4.69, 9.17) is 0 Å². The molecule has 1 fully saturated rings. The van der Waals surface area contributed by atoms with Crippen LogP contribution in [0, 0.1) is 0 Å². The fourth-order valence-corrected chi connectivity index (χ4v) is 2.65. The second-order valence-corrected chi connectivity index (χ2v) is 5.81. The summed E-state index contributed by atoms with van der Waals surface area (Å²) in [7, 11) is 0. The zero-order chi connectivity index (χ0) is 16.9. The molecule has 0 radical (unpaired) electrons. The van der Waals surface area contributed by atoms with E-state index in [0.717, 1.165) is 19.6 Å². The molecule has 128 valence electrons. The van der Waals surface area contributed by atoms with Crippen molar-refractivity contribution in [1.82, 2.24) is 15.1 Å². The van der Waals surface area contributed by atoms with Gasteiger partial charge in [0.05, 0.1) is 6.04 Å². The lowest BCUT2D eigenvalue weighted by molar-refractivity contribution is -0.141. The van der Waals surface area contributed by atoms with Gasteiger partial charge < -0.3 is 5.32 Å². The largest absolute Gasteiger partial charge is 0.405 e. The third kappa shape index (κ3) is 5.84. The number of nitrogens with zero attached hydrogens (tertiary/aromatic N) is 2. The molecule has 1 N–H and O–H groups in total. The van der Waals surface area contributed by atoms with Gasteiger partial charge in [0, 0.05) is 32.7 Å². The number of piperazine rings is 1. The highest BCUT2D eigenvalue weighted by Crippen LogP contribution is 2.13. The summed E-state index contributed by atoms with van der Waals surface area (Å²) in [6.45, 7) is 4.17. The lowest BCUT2D eigenvalue weighted by atomic mass is 10.1. The lowest BCUT2D eigenvalue weighted by Gasteiger charge is -2.37. The molecule has 1 atom stereocenters. The molecule has 1 aromatic rings. The van der Waals surface area contributed by atoms with Gasteiger partial charge in [-0.1, -0.05) is 30.3 Å². The molecule has 7 heteroatoms. The van der Waals surface area contributed by atoms with Crippen molar-refractivity contribution < 1.29 is 18.0 Å². The molecule has 1 amide bonds. The van der Waals surface area contributed by atoms with Crippen molar-refractivity contribution in [3.63, 3.8) is 0 Å². The van der Waals surface area contributed by atoms with Gasteiger partial charge in [0.1, 0.15) is 6.54 Å². The molecule has 0 aliphatic carbocycles. The average molecular weight is 329 g/mol. The quantitative estimate of drug-likeness (QED) is 0.896. The predicted octanol–water partition coefficient (Wildman–Crippen LogP) is 1.87. The van der Waals surface area contributed by atoms with Gasteiger partial charge in [0.2, 0.25) is 5.91 Å². The summed E-state index contributed by atoms with van der Waals surface area (Å²) in [5, 5.41) is 1.95. The molecule has 1 heterocycles. The molecule has 1 aliphatic rings. The van der Waals surface area contributed by atoms with Crippen LogP contribution in [0.15, 0.2) is 30.3 Å². The Morgan fingerprint density at radius 3 is 2.35 bits per heavy atom. The third-order valence-electron chi connectivity index (χ3n) is 4.05. The number of hydrogen-bond acceptors (Lipinski definition) is 3. The van der Waals surface area contributed by atoms with Crippen molar-refractivity contribution in [1.29, 1.82) is 0 Å². The number of alkyl halides is 3. The molecule has 1 saturated heterocycles. The fourth-order valence-electron chi connectivity index (χ4n) is 2.65. The maximum Gasteiger partial charge on any atom is 0.405 e. The first-order chi connectivity index (χ1) is 10.8. The zero-order valence-corrected chi connectivity index (χ0v) is 13.1. The Hall–Kier alpha value is -1.60. The standard InChI is InChI=1S/C16H22F3N3O/c1-13(15(23)20-12-16(17,18)19)22-9-7-21(8-10-22)11-14-5-3-2-4-6-14/h2-6,13H,7-12H2,1H3,(H,20,23). The number of amides is 1. The monoisotopic (exact) mass is 329 g/mol. The van der Waals surface area contributed by atoms with Gasteiger partial charge in [0.25, 0.3) is 0 Å². The van der Waals surface area contributed by atoms with Gasteiger partial charge in [-0.05, 0) is 12.5 Å². The Morgan fingerprint density at radius 2 is 1.78 bits per heavy atom. The van der Waals surface area contributed by atoms with Crippen LogP contribution in [0.25, 0.3) is 0 Å². The Kier molecular flexibility index (Phi) is 6.01. The maximum absolute atomic E-state index is 12.1. The zero-order valence-electron chi connectivity index (χ0n) is 13.1. The van der Waals surface area contributed by atoms with E-state index in [0.29, 0.717) is 13.1 Å². The molecule has 1 aromatic carbocycles. The maximum atomic E-state index is 12.1. The van der Waals surface area contributed by atoms with Crippen molar-refractivity contribution in [3.8, 4) is 0 Å². The second kappa shape index (κ2) is 7.79. The van der Waals surface area contributed by atoms with E-state index in [1.54, 1.807) is 6.92 Å². The molecule has 0 spiro atoms. The van der Waals surface area contributed by atoms with E-state index in [9.17, 15) is 18.0 Å². The van der Waals surface area contributed by atoms with Crippen LogP contribution in [-0.4, -0.2) is 60.6 Å².